The van der Waals surface area contributed by atoms with Gasteiger partial charge in [0.15, 0.2) is 5.17 Å². The van der Waals surface area contributed by atoms with E-state index in [1.54, 1.807) is 14.2 Å². The standard InChI is InChI=1S/C28H32N2O3S/c1-16-11-24(31-5)18(3)9-20(16)13-21-14-33-15-23-26(21)29-28-30(7-8-34-28)27(23)22-10-19(4)25(32-6)12-17(22)2/h9-13,27H,7-8,14-15H2,1-6H3/b21-13-. The average Bonchev–Trinajstić information content (AvgIpc) is 3.29. The van der Waals surface area contributed by atoms with Crippen molar-refractivity contribution in [3.05, 3.63) is 74.5 Å². The van der Waals surface area contributed by atoms with E-state index in [0.29, 0.717) is 13.2 Å². The van der Waals surface area contributed by atoms with Crippen molar-refractivity contribution >= 4 is 23.0 Å². The second-order valence-electron chi connectivity index (χ2n) is 9.23. The molecule has 178 valence electrons. The van der Waals surface area contributed by atoms with Gasteiger partial charge in [-0.15, -0.1) is 0 Å². The molecule has 6 heteroatoms. The molecule has 0 radical (unpaired) electrons. The fourth-order valence-corrected chi connectivity index (χ4v) is 6.16. The summed E-state index contributed by atoms with van der Waals surface area (Å²) in [6.07, 6.45) is 2.25. The molecule has 0 amide bonds. The molecule has 3 heterocycles. The molecule has 0 saturated carbocycles. The Morgan fingerprint density at radius 2 is 1.65 bits per heavy atom. The molecule has 0 spiro atoms. The van der Waals surface area contributed by atoms with Crippen LogP contribution in [-0.4, -0.2) is 49.8 Å². The Bertz CT molecular complexity index is 1240. The number of aryl methyl sites for hydroxylation is 4. The fraction of sp³-hybridized carbons (Fsp3) is 0.393. The van der Waals surface area contributed by atoms with Crippen molar-refractivity contribution in [1.29, 1.82) is 0 Å². The molecule has 0 aliphatic carbocycles. The van der Waals surface area contributed by atoms with Crippen molar-refractivity contribution in [3.63, 3.8) is 0 Å². The Morgan fingerprint density at radius 1 is 0.941 bits per heavy atom. The van der Waals surface area contributed by atoms with Gasteiger partial charge >= 0.3 is 0 Å². The number of ether oxygens (including phenoxy) is 3. The zero-order valence-electron chi connectivity index (χ0n) is 20.8. The van der Waals surface area contributed by atoms with Crippen molar-refractivity contribution in [2.24, 2.45) is 4.99 Å². The summed E-state index contributed by atoms with van der Waals surface area (Å²) in [6.45, 7) is 10.7. The molecule has 5 nitrogen and oxygen atoms in total. The maximum atomic E-state index is 6.18. The van der Waals surface area contributed by atoms with Gasteiger partial charge in [0, 0.05) is 23.4 Å². The first kappa shape index (κ1) is 23.1. The molecule has 0 bridgehead atoms. The number of hydrogen-bond donors (Lipinski definition) is 0. The zero-order chi connectivity index (χ0) is 24.0. The third-order valence-corrected chi connectivity index (χ3v) is 7.94. The van der Waals surface area contributed by atoms with E-state index in [1.807, 2.05) is 11.8 Å². The first-order valence-corrected chi connectivity index (χ1v) is 12.7. The topological polar surface area (TPSA) is 43.3 Å². The smallest absolute Gasteiger partial charge is 0.165 e. The van der Waals surface area contributed by atoms with Gasteiger partial charge in [-0.05, 0) is 91.4 Å². The van der Waals surface area contributed by atoms with Crippen molar-refractivity contribution in [1.82, 2.24) is 4.90 Å². The van der Waals surface area contributed by atoms with Crippen molar-refractivity contribution in [3.8, 4) is 11.5 Å². The van der Waals surface area contributed by atoms with Gasteiger partial charge in [-0.2, -0.15) is 0 Å². The normalized spacial score (nSPS) is 20.9. The molecular formula is C28H32N2O3S. The van der Waals surface area contributed by atoms with Crippen molar-refractivity contribution < 1.29 is 14.2 Å². The molecular weight excluding hydrogens is 444 g/mol. The predicted octanol–water partition coefficient (Wildman–Crippen LogP) is 5.76. The lowest BCUT2D eigenvalue weighted by Crippen LogP contribution is -2.37. The second-order valence-corrected chi connectivity index (χ2v) is 10.3. The zero-order valence-corrected chi connectivity index (χ0v) is 21.6. The number of aliphatic imine (C=N–C) groups is 1. The van der Waals surface area contributed by atoms with Crippen LogP contribution < -0.4 is 9.47 Å². The van der Waals surface area contributed by atoms with E-state index >= 15 is 0 Å². The van der Waals surface area contributed by atoms with E-state index in [-0.39, 0.29) is 6.04 Å². The summed E-state index contributed by atoms with van der Waals surface area (Å²) in [4.78, 5) is 7.63. The predicted molar refractivity (Wildman–Crippen MR) is 140 cm³/mol. The summed E-state index contributed by atoms with van der Waals surface area (Å²) in [5, 5.41) is 1.12. The third kappa shape index (κ3) is 3.93. The van der Waals surface area contributed by atoms with Gasteiger partial charge in [0.1, 0.15) is 11.5 Å². The number of amidine groups is 1. The minimum absolute atomic E-state index is 0.129. The number of methoxy groups -OCH3 is 2. The highest BCUT2D eigenvalue weighted by Crippen LogP contribution is 2.45. The van der Waals surface area contributed by atoms with E-state index in [1.165, 1.54) is 27.8 Å². The summed E-state index contributed by atoms with van der Waals surface area (Å²) in [5.41, 5.74) is 10.7. The summed E-state index contributed by atoms with van der Waals surface area (Å²) >= 11 is 1.85. The summed E-state index contributed by atoms with van der Waals surface area (Å²) in [6, 6.07) is 8.86. The van der Waals surface area contributed by atoms with E-state index in [2.05, 4.69) is 62.9 Å². The molecule has 2 aromatic carbocycles. The molecule has 34 heavy (non-hydrogen) atoms. The molecule has 0 N–H and O–H groups in total. The monoisotopic (exact) mass is 476 g/mol. The lowest BCUT2D eigenvalue weighted by atomic mass is 9.87. The van der Waals surface area contributed by atoms with Gasteiger partial charge in [-0.25, -0.2) is 4.99 Å². The molecule has 1 saturated heterocycles. The Kier molecular flexibility index (Phi) is 6.21. The van der Waals surface area contributed by atoms with Crippen LogP contribution in [0, 0.1) is 27.7 Å². The Hall–Kier alpha value is -2.70. The maximum Gasteiger partial charge on any atom is 0.165 e. The van der Waals surface area contributed by atoms with Gasteiger partial charge in [0.2, 0.25) is 0 Å². The first-order chi connectivity index (χ1) is 16.4. The number of thioether (sulfide) groups is 1. The molecule has 1 unspecified atom stereocenters. The largest absolute Gasteiger partial charge is 0.496 e. The fourth-order valence-electron chi connectivity index (χ4n) is 5.17. The van der Waals surface area contributed by atoms with Crippen LogP contribution in [0.1, 0.15) is 39.4 Å². The van der Waals surface area contributed by atoms with Crippen LogP contribution >= 0.6 is 11.8 Å². The van der Waals surface area contributed by atoms with Crippen molar-refractivity contribution in [2.45, 2.75) is 33.7 Å². The van der Waals surface area contributed by atoms with Crippen LogP contribution in [0.25, 0.3) is 6.08 Å². The summed E-state index contributed by atoms with van der Waals surface area (Å²) in [5.74, 6) is 2.91. The van der Waals surface area contributed by atoms with Crippen molar-refractivity contribution in [2.75, 3.05) is 39.7 Å². The summed E-state index contributed by atoms with van der Waals surface area (Å²) < 4.78 is 17.3. The highest BCUT2D eigenvalue weighted by Gasteiger charge is 2.39. The Morgan fingerprint density at radius 3 is 2.38 bits per heavy atom. The van der Waals surface area contributed by atoms with Gasteiger partial charge < -0.3 is 19.1 Å². The minimum Gasteiger partial charge on any atom is -0.496 e. The highest BCUT2D eigenvalue weighted by atomic mass is 32.2. The lowest BCUT2D eigenvalue weighted by Gasteiger charge is -2.39. The average molecular weight is 477 g/mol. The quantitative estimate of drug-likeness (QED) is 0.561. The Balaban J connectivity index is 1.65. The highest BCUT2D eigenvalue weighted by molar-refractivity contribution is 8.14. The molecule has 2 aromatic rings. The van der Waals surface area contributed by atoms with Gasteiger partial charge in [-0.1, -0.05) is 11.8 Å². The number of rotatable bonds is 4. The summed E-state index contributed by atoms with van der Waals surface area (Å²) in [7, 11) is 3.46. The molecule has 0 aromatic heterocycles. The number of nitrogens with zero attached hydrogens (tertiary/aromatic N) is 2. The molecule has 3 aliphatic heterocycles. The van der Waals surface area contributed by atoms with Crippen LogP contribution in [-0.2, 0) is 4.74 Å². The van der Waals surface area contributed by atoms with E-state index in [0.717, 1.165) is 51.4 Å². The molecule has 1 atom stereocenters. The van der Waals surface area contributed by atoms with Crippen LogP contribution in [0.4, 0.5) is 0 Å². The lowest BCUT2D eigenvalue weighted by molar-refractivity contribution is 0.157. The van der Waals surface area contributed by atoms with Crippen LogP contribution in [0.5, 0.6) is 11.5 Å². The van der Waals surface area contributed by atoms with E-state index in [4.69, 9.17) is 19.2 Å². The van der Waals surface area contributed by atoms with Gasteiger partial charge in [-0.3, -0.25) is 0 Å². The van der Waals surface area contributed by atoms with E-state index < -0.39 is 0 Å². The van der Waals surface area contributed by atoms with Crippen LogP contribution in [0.3, 0.4) is 0 Å². The number of fused-ring (bicyclic) bond motifs is 1. The Labute approximate surface area is 206 Å². The third-order valence-electron chi connectivity index (χ3n) is 6.97. The minimum atomic E-state index is 0.129. The second kappa shape index (κ2) is 9.16. The SMILES string of the molecule is COc1cc(C)c(/C=C2/COCC3=C2N=C2SCCN2C3c2cc(C)c(OC)cc2C)cc1C. The first-order valence-electron chi connectivity index (χ1n) is 11.7. The molecule has 5 rings (SSSR count). The number of benzene rings is 2. The van der Waals surface area contributed by atoms with E-state index in [9.17, 15) is 0 Å². The molecule has 1 fully saturated rings. The van der Waals surface area contributed by atoms with Crippen LogP contribution in [0.2, 0.25) is 0 Å². The molecule has 3 aliphatic rings. The maximum absolute atomic E-state index is 6.18. The van der Waals surface area contributed by atoms with Gasteiger partial charge in [0.05, 0.1) is 39.2 Å². The number of hydrogen-bond acceptors (Lipinski definition) is 6. The van der Waals surface area contributed by atoms with Crippen LogP contribution in [0.15, 0.2) is 46.1 Å². The van der Waals surface area contributed by atoms with Gasteiger partial charge in [0.25, 0.3) is 0 Å².